The van der Waals surface area contributed by atoms with E-state index < -0.39 is 12.1 Å². The molecule has 0 aliphatic rings. The standard InChI is InChI=1S/C61H115NO5/c1-3-5-7-9-11-13-15-17-18-19-25-28-31-35-39-43-47-51-55-61(66)67-56-52-48-44-40-36-32-29-26-23-21-20-22-24-27-30-34-38-42-46-50-54-60(65)62-58(57-63)59(64)53-49-45-41-37-33-16-14-12-10-8-6-4-2/h18-20,22,49,53,58-59,63-64H,3-17,21,23-48,50-52,54-57H2,1-2H3,(H,62,65)/b19-18-,22-20-,53-49+. The van der Waals surface area contributed by atoms with Gasteiger partial charge in [-0.3, -0.25) is 9.59 Å². The minimum atomic E-state index is -0.849. The highest BCUT2D eigenvalue weighted by Crippen LogP contribution is 2.16. The maximum absolute atomic E-state index is 12.4. The zero-order valence-electron chi connectivity index (χ0n) is 44.9. The van der Waals surface area contributed by atoms with E-state index in [2.05, 4.69) is 43.5 Å². The molecule has 67 heavy (non-hydrogen) atoms. The lowest BCUT2D eigenvalue weighted by molar-refractivity contribution is -0.143. The van der Waals surface area contributed by atoms with Crippen LogP contribution in [0.3, 0.4) is 0 Å². The third kappa shape index (κ3) is 53.3. The van der Waals surface area contributed by atoms with Crippen LogP contribution in [-0.2, 0) is 14.3 Å². The molecular weight excluding hydrogens is 827 g/mol. The van der Waals surface area contributed by atoms with Crippen molar-refractivity contribution in [2.75, 3.05) is 13.2 Å². The summed E-state index contributed by atoms with van der Waals surface area (Å²) in [5, 5.41) is 23.0. The molecule has 0 spiro atoms. The lowest BCUT2D eigenvalue weighted by Crippen LogP contribution is -2.45. The van der Waals surface area contributed by atoms with Gasteiger partial charge in [-0.1, -0.05) is 256 Å². The van der Waals surface area contributed by atoms with Crippen molar-refractivity contribution < 1.29 is 24.5 Å². The molecule has 6 nitrogen and oxygen atoms in total. The van der Waals surface area contributed by atoms with Crippen molar-refractivity contribution in [1.82, 2.24) is 5.32 Å². The summed E-state index contributed by atoms with van der Waals surface area (Å²) in [6.07, 6.45) is 70.3. The molecule has 0 rings (SSSR count). The van der Waals surface area contributed by atoms with Crippen molar-refractivity contribution in [2.45, 2.75) is 328 Å². The van der Waals surface area contributed by atoms with Gasteiger partial charge < -0.3 is 20.3 Å². The summed E-state index contributed by atoms with van der Waals surface area (Å²) in [6, 6.07) is -0.633. The number of aliphatic hydroxyl groups is 2. The number of ether oxygens (including phenoxy) is 1. The highest BCUT2D eigenvalue weighted by Gasteiger charge is 2.18. The second kappa shape index (κ2) is 56.7. The first kappa shape index (κ1) is 65.1. The van der Waals surface area contributed by atoms with Gasteiger partial charge in [0.2, 0.25) is 5.91 Å². The molecule has 0 saturated heterocycles. The number of hydrogen-bond donors (Lipinski definition) is 3. The number of nitrogens with one attached hydrogen (secondary N) is 1. The van der Waals surface area contributed by atoms with E-state index in [1.165, 1.54) is 238 Å². The highest BCUT2D eigenvalue weighted by molar-refractivity contribution is 5.76. The number of carbonyl (C=O) groups is 2. The molecular formula is C61H115NO5. The van der Waals surface area contributed by atoms with Gasteiger partial charge in [-0.05, 0) is 83.5 Å². The van der Waals surface area contributed by atoms with Gasteiger partial charge in [-0.25, -0.2) is 0 Å². The summed E-state index contributed by atoms with van der Waals surface area (Å²) >= 11 is 0. The molecule has 3 N–H and O–H groups in total. The van der Waals surface area contributed by atoms with Crippen molar-refractivity contribution in [3.8, 4) is 0 Å². The quantitative estimate of drug-likeness (QED) is 0.0321. The Morgan fingerprint density at radius 3 is 1.06 bits per heavy atom. The van der Waals surface area contributed by atoms with E-state index in [1.807, 2.05) is 6.08 Å². The zero-order chi connectivity index (χ0) is 48.6. The third-order valence-corrected chi connectivity index (χ3v) is 13.6. The fraction of sp³-hybridized carbons (Fsp3) is 0.869. The van der Waals surface area contributed by atoms with Gasteiger partial charge in [0.15, 0.2) is 0 Å². The number of unbranched alkanes of at least 4 members (excludes halogenated alkanes) is 40. The van der Waals surface area contributed by atoms with Gasteiger partial charge in [0.25, 0.3) is 0 Å². The fourth-order valence-corrected chi connectivity index (χ4v) is 9.03. The number of rotatable bonds is 55. The average Bonchev–Trinajstić information content (AvgIpc) is 3.33. The molecule has 0 aliphatic carbocycles. The van der Waals surface area contributed by atoms with Crippen molar-refractivity contribution in [1.29, 1.82) is 0 Å². The van der Waals surface area contributed by atoms with Crippen LogP contribution < -0.4 is 5.32 Å². The Balaban J connectivity index is 3.43. The van der Waals surface area contributed by atoms with Crippen LogP contribution in [0.5, 0.6) is 0 Å². The molecule has 2 atom stereocenters. The topological polar surface area (TPSA) is 95.9 Å². The van der Waals surface area contributed by atoms with Crippen molar-refractivity contribution in [3.05, 3.63) is 36.5 Å². The minimum absolute atomic E-state index is 0.00241. The Labute approximate surface area is 417 Å². The van der Waals surface area contributed by atoms with E-state index in [0.29, 0.717) is 19.4 Å². The molecule has 0 bridgehead atoms. The first-order valence-electron chi connectivity index (χ1n) is 29.8. The highest BCUT2D eigenvalue weighted by atomic mass is 16.5. The maximum Gasteiger partial charge on any atom is 0.305 e. The number of hydrogen-bond acceptors (Lipinski definition) is 5. The predicted octanol–water partition coefficient (Wildman–Crippen LogP) is 18.4. The van der Waals surface area contributed by atoms with Crippen molar-refractivity contribution in [2.24, 2.45) is 0 Å². The van der Waals surface area contributed by atoms with E-state index in [9.17, 15) is 19.8 Å². The maximum atomic E-state index is 12.4. The molecule has 0 heterocycles. The molecule has 2 unspecified atom stereocenters. The first-order valence-corrected chi connectivity index (χ1v) is 29.8. The van der Waals surface area contributed by atoms with Crippen LogP contribution in [0, 0.1) is 0 Å². The summed E-state index contributed by atoms with van der Waals surface area (Å²) in [4.78, 5) is 24.5. The van der Waals surface area contributed by atoms with Crippen LogP contribution in [-0.4, -0.2) is 47.4 Å². The number of allylic oxidation sites excluding steroid dienone is 5. The van der Waals surface area contributed by atoms with E-state index in [0.717, 1.165) is 51.4 Å². The van der Waals surface area contributed by atoms with E-state index >= 15 is 0 Å². The third-order valence-electron chi connectivity index (χ3n) is 13.6. The number of amides is 1. The number of carbonyl (C=O) groups excluding carboxylic acids is 2. The van der Waals surface area contributed by atoms with Gasteiger partial charge in [0, 0.05) is 12.8 Å². The van der Waals surface area contributed by atoms with Crippen molar-refractivity contribution in [3.63, 3.8) is 0 Å². The smallest absolute Gasteiger partial charge is 0.305 e. The number of aliphatic hydroxyl groups excluding tert-OH is 2. The molecule has 1 amide bonds. The second-order valence-corrected chi connectivity index (χ2v) is 20.3. The molecule has 0 radical (unpaired) electrons. The lowest BCUT2D eigenvalue weighted by Gasteiger charge is -2.20. The van der Waals surface area contributed by atoms with Gasteiger partial charge in [-0.2, -0.15) is 0 Å². The number of esters is 1. The average molecular weight is 943 g/mol. The molecule has 6 heteroatoms. The molecule has 0 aliphatic heterocycles. The Bertz CT molecular complexity index is 1090. The summed E-state index contributed by atoms with van der Waals surface area (Å²) in [7, 11) is 0. The van der Waals surface area contributed by atoms with Crippen LogP contribution >= 0.6 is 0 Å². The molecule has 0 aromatic carbocycles. The predicted molar refractivity (Wildman–Crippen MR) is 292 cm³/mol. The Kier molecular flexibility index (Phi) is 55.0. The SMILES string of the molecule is CCCCCCCCC/C=C\CCCCCCCCCC(=O)OCCCCCCCCCCC/C=C\CCCCCCCCCC(=O)NC(CO)C(O)/C=C/CCCCCCCCCCCC. The Hall–Kier alpha value is -1.92. The summed E-state index contributed by atoms with van der Waals surface area (Å²) in [6.45, 7) is 4.89. The van der Waals surface area contributed by atoms with Crippen molar-refractivity contribution >= 4 is 11.9 Å². The normalized spacial score (nSPS) is 12.8. The summed E-state index contributed by atoms with van der Waals surface area (Å²) < 4.78 is 5.49. The fourth-order valence-electron chi connectivity index (χ4n) is 9.03. The van der Waals surface area contributed by atoms with Gasteiger partial charge >= 0.3 is 5.97 Å². The van der Waals surface area contributed by atoms with Crippen LogP contribution in [0.2, 0.25) is 0 Å². The molecule has 0 fully saturated rings. The monoisotopic (exact) mass is 942 g/mol. The van der Waals surface area contributed by atoms with Gasteiger partial charge in [-0.15, -0.1) is 0 Å². The van der Waals surface area contributed by atoms with E-state index in [1.54, 1.807) is 6.08 Å². The second-order valence-electron chi connectivity index (χ2n) is 20.3. The Morgan fingerprint density at radius 1 is 0.403 bits per heavy atom. The van der Waals surface area contributed by atoms with Gasteiger partial charge in [0.05, 0.1) is 25.4 Å². The van der Waals surface area contributed by atoms with Gasteiger partial charge in [0.1, 0.15) is 0 Å². The molecule has 0 saturated carbocycles. The van der Waals surface area contributed by atoms with Crippen LogP contribution in [0.25, 0.3) is 0 Å². The minimum Gasteiger partial charge on any atom is -0.466 e. The van der Waals surface area contributed by atoms with Crippen LogP contribution in [0.4, 0.5) is 0 Å². The van der Waals surface area contributed by atoms with Crippen LogP contribution in [0.1, 0.15) is 316 Å². The summed E-state index contributed by atoms with van der Waals surface area (Å²) in [5.41, 5.74) is 0. The van der Waals surface area contributed by atoms with E-state index in [4.69, 9.17) is 4.74 Å². The molecule has 0 aromatic heterocycles. The van der Waals surface area contributed by atoms with Crippen LogP contribution in [0.15, 0.2) is 36.5 Å². The molecule has 0 aromatic rings. The molecule has 394 valence electrons. The lowest BCUT2D eigenvalue weighted by atomic mass is 10.0. The Morgan fingerprint density at radius 2 is 0.701 bits per heavy atom. The largest absolute Gasteiger partial charge is 0.466 e. The zero-order valence-corrected chi connectivity index (χ0v) is 44.9. The summed E-state index contributed by atoms with van der Waals surface area (Å²) in [5.74, 6) is -0.0750. The first-order chi connectivity index (χ1) is 33.0. The van der Waals surface area contributed by atoms with E-state index in [-0.39, 0.29) is 18.5 Å².